The summed E-state index contributed by atoms with van der Waals surface area (Å²) >= 11 is 0. The zero-order valence-electron chi connectivity index (χ0n) is 16.1. The van der Waals surface area contributed by atoms with Gasteiger partial charge in [-0.15, -0.1) is 0 Å². The van der Waals surface area contributed by atoms with Crippen molar-refractivity contribution in [3.63, 3.8) is 0 Å². The number of rotatable bonds is 6. The molecule has 2 nitrogen and oxygen atoms in total. The summed E-state index contributed by atoms with van der Waals surface area (Å²) in [6, 6.07) is 11.5. The fourth-order valence-electron chi connectivity index (χ4n) is 4.89. The van der Waals surface area contributed by atoms with Crippen LogP contribution in [-0.4, -0.2) is 6.61 Å². The van der Waals surface area contributed by atoms with Gasteiger partial charge in [0.2, 0.25) is 0 Å². The van der Waals surface area contributed by atoms with Gasteiger partial charge in [0.1, 0.15) is 11.5 Å². The van der Waals surface area contributed by atoms with Crippen molar-refractivity contribution >= 4 is 0 Å². The minimum Gasteiger partial charge on any atom is -0.457 e. The lowest BCUT2D eigenvalue weighted by Gasteiger charge is -2.53. The maximum atomic E-state index is 13.5. The topological polar surface area (TPSA) is 18.5 Å². The predicted molar refractivity (Wildman–Crippen MR) is 103 cm³/mol. The lowest BCUT2D eigenvalue weighted by Crippen LogP contribution is -2.49. The zero-order chi connectivity index (χ0) is 19.2. The van der Waals surface area contributed by atoms with Gasteiger partial charge in [-0.25, -0.2) is 8.78 Å². The first kappa shape index (κ1) is 18.1. The van der Waals surface area contributed by atoms with Crippen LogP contribution in [0.15, 0.2) is 42.5 Å². The molecule has 2 saturated heterocycles. The molecular weight excluding hydrogens is 358 g/mol. The summed E-state index contributed by atoms with van der Waals surface area (Å²) in [6.45, 7) is 0.855. The minimum atomic E-state index is -0.905. The molecule has 2 aliphatic carbocycles. The largest absolute Gasteiger partial charge is 0.457 e. The second kappa shape index (κ2) is 6.84. The van der Waals surface area contributed by atoms with Crippen LogP contribution in [-0.2, 0) is 10.3 Å². The average Bonchev–Trinajstić information content (AvgIpc) is 3.56. The van der Waals surface area contributed by atoms with Crippen molar-refractivity contribution in [2.45, 2.75) is 57.0 Å². The van der Waals surface area contributed by atoms with E-state index in [-0.39, 0.29) is 5.60 Å². The molecule has 4 fully saturated rings. The second-order valence-electron chi connectivity index (χ2n) is 8.97. The Kier molecular flexibility index (Phi) is 4.42. The fourth-order valence-corrected chi connectivity index (χ4v) is 4.89. The van der Waals surface area contributed by atoms with Crippen molar-refractivity contribution in [3.8, 4) is 11.5 Å². The van der Waals surface area contributed by atoms with E-state index in [4.69, 9.17) is 9.47 Å². The molecule has 0 atom stereocenters. The molecule has 0 N–H and O–H groups in total. The van der Waals surface area contributed by atoms with E-state index in [1.807, 2.05) is 18.2 Å². The Balaban J connectivity index is 1.30. The highest BCUT2D eigenvalue weighted by molar-refractivity contribution is 5.37. The summed E-state index contributed by atoms with van der Waals surface area (Å²) in [4.78, 5) is 0. The molecule has 0 radical (unpaired) electrons. The highest BCUT2D eigenvalue weighted by Gasteiger charge is 2.50. The van der Waals surface area contributed by atoms with Gasteiger partial charge in [0.05, 0.1) is 12.2 Å². The number of ether oxygens (including phenoxy) is 2. The first-order chi connectivity index (χ1) is 13.6. The highest BCUT2D eigenvalue weighted by atomic mass is 19.2. The molecule has 2 aliphatic heterocycles. The molecule has 4 aliphatic rings. The van der Waals surface area contributed by atoms with Crippen LogP contribution < -0.4 is 4.74 Å². The van der Waals surface area contributed by atoms with Gasteiger partial charge >= 0.3 is 0 Å². The molecule has 0 amide bonds. The summed E-state index contributed by atoms with van der Waals surface area (Å²) < 4.78 is 38.8. The quantitative estimate of drug-likeness (QED) is 0.549. The van der Waals surface area contributed by atoms with Gasteiger partial charge in [0, 0.05) is 6.07 Å². The summed E-state index contributed by atoms with van der Waals surface area (Å²) in [6.07, 6.45) is 10.1. The van der Waals surface area contributed by atoms with Crippen LogP contribution in [0.2, 0.25) is 0 Å². The number of hydrogen-bond donors (Lipinski definition) is 0. The van der Waals surface area contributed by atoms with Gasteiger partial charge in [0.15, 0.2) is 11.6 Å². The maximum Gasteiger partial charge on any atom is 0.162 e. The third-order valence-electron chi connectivity index (χ3n) is 7.04. The van der Waals surface area contributed by atoms with Crippen LogP contribution >= 0.6 is 0 Å². The number of halogens is 2. The van der Waals surface area contributed by atoms with Crippen LogP contribution in [0, 0.1) is 23.0 Å². The summed E-state index contributed by atoms with van der Waals surface area (Å²) in [5.74, 6) is 0.118. The van der Waals surface area contributed by atoms with Crippen LogP contribution in [0.4, 0.5) is 8.78 Å². The molecule has 0 aromatic heterocycles. The minimum absolute atomic E-state index is 0.227. The van der Waals surface area contributed by atoms with Gasteiger partial charge in [-0.05, 0) is 79.7 Å². The molecule has 4 heteroatoms. The van der Waals surface area contributed by atoms with Gasteiger partial charge in [0.25, 0.3) is 0 Å². The summed E-state index contributed by atoms with van der Waals surface area (Å²) in [7, 11) is 0. The smallest absolute Gasteiger partial charge is 0.162 e. The van der Waals surface area contributed by atoms with Crippen LogP contribution in [0.5, 0.6) is 11.5 Å². The van der Waals surface area contributed by atoms with Gasteiger partial charge in [-0.3, -0.25) is 0 Å². The highest BCUT2D eigenvalue weighted by Crippen LogP contribution is 2.56. The normalized spacial score (nSPS) is 29.1. The fraction of sp³-hybridized carbons (Fsp3) is 0.500. The first-order valence-electron chi connectivity index (χ1n) is 10.4. The summed E-state index contributed by atoms with van der Waals surface area (Å²) in [5.41, 5.74) is 1.29. The number of hydrogen-bond acceptors (Lipinski definition) is 2. The maximum absolute atomic E-state index is 13.5. The molecule has 0 unspecified atom stereocenters. The standard InChI is InChI=1S/C24H26F2O2/c25-21-7-6-20(15-22(21)26)28-19-3-1-2-18(14-19)24-12-10-23(11-13-24,16-27-24)9-8-17-4-5-17/h1-3,6-7,14-15,17H,4-5,8-13,16H2. The van der Waals surface area contributed by atoms with Crippen molar-refractivity contribution in [2.75, 3.05) is 6.61 Å². The van der Waals surface area contributed by atoms with Crippen molar-refractivity contribution in [2.24, 2.45) is 11.3 Å². The van der Waals surface area contributed by atoms with Gasteiger partial charge in [-0.2, -0.15) is 0 Å². The van der Waals surface area contributed by atoms with E-state index < -0.39 is 11.6 Å². The molecule has 2 aromatic carbocycles. The van der Waals surface area contributed by atoms with E-state index in [0.717, 1.165) is 43.1 Å². The Labute approximate surface area is 164 Å². The van der Waals surface area contributed by atoms with E-state index in [0.29, 0.717) is 16.9 Å². The predicted octanol–water partition coefficient (Wildman–Crippen LogP) is 6.73. The van der Waals surface area contributed by atoms with Crippen molar-refractivity contribution in [1.29, 1.82) is 0 Å². The molecular formula is C24H26F2O2. The van der Waals surface area contributed by atoms with Gasteiger partial charge < -0.3 is 9.47 Å². The van der Waals surface area contributed by atoms with Crippen molar-refractivity contribution in [1.82, 2.24) is 0 Å². The Hall–Kier alpha value is -1.94. The molecule has 0 spiro atoms. The van der Waals surface area contributed by atoms with Crippen molar-refractivity contribution < 1.29 is 18.3 Å². The summed E-state index contributed by atoms with van der Waals surface area (Å²) in [5, 5.41) is 0. The lowest BCUT2D eigenvalue weighted by atomic mass is 9.62. The van der Waals surface area contributed by atoms with E-state index in [1.54, 1.807) is 0 Å². The molecule has 2 bridgehead atoms. The third-order valence-corrected chi connectivity index (χ3v) is 7.04. The van der Waals surface area contributed by atoms with E-state index in [1.165, 1.54) is 44.6 Å². The van der Waals surface area contributed by atoms with E-state index >= 15 is 0 Å². The molecule has 28 heavy (non-hydrogen) atoms. The average molecular weight is 384 g/mol. The Morgan fingerprint density at radius 2 is 1.71 bits per heavy atom. The number of benzene rings is 2. The van der Waals surface area contributed by atoms with E-state index in [2.05, 4.69) is 6.07 Å². The second-order valence-corrected chi connectivity index (χ2v) is 8.97. The third kappa shape index (κ3) is 3.43. The van der Waals surface area contributed by atoms with Crippen LogP contribution in [0.3, 0.4) is 0 Å². The Morgan fingerprint density at radius 3 is 2.39 bits per heavy atom. The Morgan fingerprint density at radius 1 is 0.929 bits per heavy atom. The molecule has 2 heterocycles. The first-order valence-corrected chi connectivity index (χ1v) is 10.4. The van der Waals surface area contributed by atoms with Crippen LogP contribution in [0.25, 0.3) is 0 Å². The van der Waals surface area contributed by atoms with Crippen LogP contribution in [0.1, 0.15) is 56.9 Å². The SMILES string of the molecule is Fc1ccc(Oc2cccc(C34CCC(CCC5CC5)(CC3)CO4)c2)cc1F. The molecule has 2 saturated carbocycles. The monoisotopic (exact) mass is 384 g/mol. The molecule has 148 valence electrons. The molecule has 6 rings (SSSR count). The zero-order valence-corrected chi connectivity index (χ0v) is 16.1. The van der Waals surface area contributed by atoms with E-state index in [9.17, 15) is 8.78 Å². The Bertz CT molecular complexity index is 850. The molecule has 2 aromatic rings. The van der Waals surface area contributed by atoms with Gasteiger partial charge in [-0.1, -0.05) is 25.0 Å². The van der Waals surface area contributed by atoms with Crippen molar-refractivity contribution in [3.05, 3.63) is 59.7 Å². The lowest BCUT2D eigenvalue weighted by molar-refractivity contribution is -0.192. The number of fused-ring (bicyclic) bond motifs is 3.